The van der Waals surface area contributed by atoms with E-state index >= 15 is 0 Å². The molecular formula is C20H22FNO3. The first-order valence-electron chi connectivity index (χ1n) is 8.46. The quantitative estimate of drug-likeness (QED) is 0.844. The van der Waals surface area contributed by atoms with Gasteiger partial charge in [0, 0.05) is 25.3 Å². The van der Waals surface area contributed by atoms with E-state index in [9.17, 15) is 9.18 Å². The van der Waals surface area contributed by atoms with Crippen molar-refractivity contribution in [1.82, 2.24) is 5.32 Å². The van der Waals surface area contributed by atoms with Crippen LogP contribution in [0.25, 0.3) is 0 Å². The molecule has 0 bridgehead atoms. The third-order valence-electron chi connectivity index (χ3n) is 4.72. The van der Waals surface area contributed by atoms with E-state index in [0.29, 0.717) is 26.2 Å². The number of hydrogen-bond acceptors (Lipinski definition) is 3. The highest BCUT2D eigenvalue weighted by Gasteiger charge is 2.32. The van der Waals surface area contributed by atoms with Crippen molar-refractivity contribution in [3.63, 3.8) is 0 Å². The van der Waals surface area contributed by atoms with Crippen LogP contribution in [0.5, 0.6) is 0 Å². The van der Waals surface area contributed by atoms with E-state index in [-0.39, 0.29) is 16.9 Å². The number of nitrogens with one attached hydrogen (secondary N) is 1. The number of rotatable bonds is 6. The minimum Gasteiger partial charge on any atom is -0.478 e. The molecule has 1 aliphatic heterocycles. The molecule has 5 heteroatoms. The third kappa shape index (κ3) is 4.65. The molecule has 0 saturated carbocycles. The van der Waals surface area contributed by atoms with Crippen LogP contribution in [0.15, 0.2) is 48.5 Å². The summed E-state index contributed by atoms with van der Waals surface area (Å²) in [5.74, 6) is -1.16. The van der Waals surface area contributed by atoms with Gasteiger partial charge in [-0.15, -0.1) is 0 Å². The highest BCUT2D eigenvalue weighted by molar-refractivity contribution is 5.87. The molecule has 2 N–H and O–H groups in total. The summed E-state index contributed by atoms with van der Waals surface area (Å²) in [6.07, 6.45) is 2.39. The lowest BCUT2D eigenvalue weighted by molar-refractivity contribution is 0.0373. The van der Waals surface area contributed by atoms with Gasteiger partial charge >= 0.3 is 5.97 Å². The predicted octanol–water partition coefficient (Wildman–Crippen LogP) is 3.41. The fourth-order valence-corrected chi connectivity index (χ4v) is 3.32. The van der Waals surface area contributed by atoms with E-state index < -0.39 is 5.97 Å². The number of carbonyl (C=O) groups is 1. The second kappa shape index (κ2) is 7.76. The largest absolute Gasteiger partial charge is 0.478 e. The van der Waals surface area contributed by atoms with Gasteiger partial charge in [0.15, 0.2) is 0 Å². The average molecular weight is 343 g/mol. The van der Waals surface area contributed by atoms with Crippen LogP contribution in [0.3, 0.4) is 0 Å². The van der Waals surface area contributed by atoms with Gasteiger partial charge in [0.05, 0.1) is 5.56 Å². The van der Waals surface area contributed by atoms with E-state index in [1.807, 2.05) is 12.1 Å². The second-order valence-electron chi connectivity index (χ2n) is 6.56. The van der Waals surface area contributed by atoms with E-state index in [1.165, 1.54) is 6.07 Å². The Morgan fingerprint density at radius 1 is 1.12 bits per heavy atom. The first-order chi connectivity index (χ1) is 12.1. The molecule has 0 unspecified atom stereocenters. The number of halogens is 1. The molecule has 3 rings (SSSR count). The zero-order chi connectivity index (χ0) is 17.7. The van der Waals surface area contributed by atoms with Crippen LogP contribution < -0.4 is 5.32 Å². The molecule has 0 radical (unpaired) electrons. The number of aromatic carboxylic acids is 1. The maximum Gasteiger partial charge on any atom is 0.335 e. The lowest BCUT2D eigenvalue weighted by Gasteiger charge is -2.38. The van der Waals surface area contributed by atoms with Crippen molar-refractivity contribution in [2.75, 3.05) is 13.2 Å². The average Bonchev–Trinajstić information content (AvgIpc) is 2.61. The molecule has 132 valence electrons. The Kier molecular flexibility index (Phi) is 5.46. The number of benzene rings is 2. The molecule has 1 aliphatic rings. The summed E-state index contributed by atoms with van der Waals surface area (Å²) in [7, 11) is 0. The van der Waals surface area contributed by atoms with Gasteiger partial charge in [-0.05, 0) is 54.7 Å². The maximum atomic E-state index is 13.5. The lowest BCUT2D eigenvalue weighted by atomic mass is 9.83. The van der Waals surface area contributed by atoms with Crippen LogP contribution in [0.1, 0.15) is 34.3 Å². The molecule has 1 fully saturated rings. The Labute approximate surface area is 146 Å². The number of ether oxygens (including phenoxy) is 1. The van der Waals surface area contributed by atoms with Crippen LogP contribution in [0.2, 0.25) is 0 Å². The van der Waals surface area contributed by atoms with Crippen molar-refractivity contribution < 1.29 is 19.0 Å². The van der Waals surface area contributed by atoms with Crippen molar-refractivity contribution in [3.05, 3.63) is 71.0 Å². The first-order valence-corrected chi connectivity index (χ1v) is 8.46. The van der Waals surface area contributed by atoms with Gasteiger partial charge in [0.2, 0.25) is 0 Å². The van der Waals surface area contributed by atoms with Crippen molar-refractivity contribution in [2.24, 2.45) is 0 Å². The van der Waals surface area contributed by atoms with Gasteiger partial charge in [0.25, 0.3) is 0 Å². The fraction of sp³-hybridized carbons (Fsp3) is 0.350. The molecule has 2 aromatic carbocycles. The third-order valence-corrected chi connectivity index (χ3v) is 4.72. The van der Waals surface area contributed by atoms with Gasteiger partial charge in [-0.25, -0.2) is 9.18 Å². The molecule has 25 heavy (non-hydrogen) atoms. The Morgan fingerprint density at radius 3 is 2.56 bits per heavy atom. The molecule has 1 saturated heterocycles. The van der Waals surface area contributed by atoms with Gasteiger partial charge in [-0.1, -0.05) is 24.3 Å². The van der Waals surface area contributed by atoms with Gasteiger partial charge in [-0.2, -0.15) is 0 Å². The highest BCUT2D eigenvalue weighted by atomic mass is 19.1. The summed E-state index contributed by atoms with van der Waals surface area (Å²) in [6.45, 7) is 1.89. The summed E-state index contributed by atoms with van der Waals surface area (Å²) in [5, 5.41) is 12.7. The molecule has 4 nitrogen and oxygen atoms in total. The van der Waals surface area contributed by atoms with Crippen LogP contribution in [-0.2, 0) is 17.7 Å². The smallest absolute Gasteiger partial charge is 0.335 e. The number of carboxylic acid groups (broad SMARTS) is 1. The number of hydrogen-bond donors (Lipinski definition) is 2. The van der Waals surface area contributed by atoms with Crippen molar-refractivity contribution in [3.8, 4) is 0 Å². The molecule has 0 amide bonds. The Hall–Kier alpha value is -2.24. The van der Waals surface area contributed by atoms with Crippen LogP contribution in [0, 0.1) is 5.82 Å². The molecule has 0 spiro atoms. The Bertz CT molecular complexity index is 741. The SMILES string of the molecule is O=C(O)c1cccc(CNC2(Cc3cccc(F)c3)CCOCC2)c1. The summed E-state index contributed by atoms with van der Waals surface area (Å²) >= 11 is 0. The van der Waals surface area contributed by atoms with Crippen LogP contribution in [-0.4, -0.2) is 29.8 Å². The van der Waals surface area contributed by atoms with E-state index in [2.05, 4.69) is 5.32 Å². The summed E-state index contributed by atoms with van der Waals surface area (Å²) in [4.78, 5) is 11.1. The maximum absolute atomic E-state index is 13.5. The van der Waals surface area contributed by atoms with Crippen LogP contribution >= 0.6 is 0 Å². The van der Waals surface area contributed by atoms with E-state index in [4.69, 9.17) is 9.84 Å². The summed E-state index contributed by atoms with van der Waals surface area (Å²) < 4.78 is 19.0. The first kappa shape index (κ1) is 17.6. The molecule has 0 aliphatic carbocycles. The van der Waals surface area contributed by atoms with E-state index in [1.54, 1.807) is 30.3 Å². The molecule has 1 heterocycles. The molecule has 0 atom stereocenters. The lowest BCUT2D eigenvalue weighted by Crippen LogP contribution is -2.50. The minimum absolute atomic E-state index is 0.175. The van der Waals surface area contributed by atoms with Crippen molar-refractivity contribution in [2.45, 2.75) is 31.3 Å². The normalized spacial score (nSPS) is 16.5. The molecule has 2 aromatic rings. The predicted molar refractivity (Wildman–Crippen MR) is 93.1 cm³/mol. The zero-order valence-corrected chi connectivity index (χ0v) is 14.0. The second-order valence-corrected chi connectivity index (χ2v) is 6.56. The van der Waals surface area contributed by atoms with E-state index in [0.717, 1.165) is 24.0 Å². The number of carboxylic acids is 1. The van der Waals surface area contributed by atoms with Crippen molar-refractivity contribution >= 4 is 5.97 Å². The van der Waals surface area contributed by atoms with Crippen molar-refractivity contribution in [1.29, 1.82) is 0 Å². The van der Waals surface area contributed by atoms with Gasteiger partial charge in [-0.3, -0.25) is 0 Å². The topological polar surface area (TPSA) is 58.6 Å². The Morgan fingerprint density at radius 2 is 1.84 bits per heavy atom. The highest BCUT2D eigenvalue weighted by Crippen LogP contribution is 2.26. The molecular weight excluding hydrogens is 321 g/mol. The molecule has 0 aromatic heterocycles. The monoisotopic (exact) mass is 343 g/mol. The van der Waals surface area contributed by atoms with Crippen LogP contribution in [0.4, 0.5) is 4.39 Å². The zero-order valence-electron chi connectivity index (χ0n) is 14.0. The summed E-state index contributed by atoms with van der Waals surface area (Å²) in [5.41, 5.74) is 1.98. The summed E-state index contributed by atoms with van der Waals surface area (Å²) in [6, 6.07) is 13.6. The van der Waals surface area contributed by atoms with Gasteiger partial charge < -0.3 is 15.2 Å². The standard InChI is InChI=1S/C20H22FNO3/c21-18-6-2-3-15(12-18)13-20(7-9-25-10-8-20)22-14-16-4-1-5-17(11-16)19(23)24/h1-6,11-12,22H,7-10,13-14H2,(H,23,24). The fourth-order valence-electron chi connectivity index (χ4n) is 3.32. The Balaban J connectivity index is 1.74. The minimum atomic E-state index is -0.928. The van der Waals surface area contributed by atoms with Gasteiger partial charge in [0.1, 0.15) is 5.82 Å².